The second-order valence-corrected chi connectivity index (χ2v) is 10.9. The molecule has 43 heavy (non-hydrogen) atoms. The van der Waals surface area contributed by atoms with Crippen LogP contribution in [-0.2, 0) is 0 Å². The molecule has 3 nitrogen and oxygen atoms in total. The van der Waals surface area contributed by atoms with Gasteiger partial charge in [-0.15, -0.1) is 0 Å². The molecule has 0 amide bonds. The van der Waals surface area contributed by atoms with Crippen LogP contribution in [0.5, 0.6) is 0 Å². The first-order valence-electron chi connectivity index (χ1n) is 14.2. The summed E-state index contributed by atoms with van der Waals surface area (Å²) in [5, 5.41) is 6.93. The molecular weight excluding hydrogens is 546 g/mol. The zero-order valence-corrected chi connectivity index (χ0v) is 23.8. The number of rotatable bonds is 4. The van der Waals surface area contributed by atoms with E-state index >= 15 is 0 Å². The van der Waals surface area contributed by atoms with E-state index in [0.717, 1.165) is 49.4 Å². The van der Waals surface area contributed by atoms with Crippen molar-refractivity contribution >= 4 is 43.9 Å². The Bertz CT molecular complexity index is 2300. The van der Waals surface area contributed by atoms with Crippen molar-refractivity contribution in [2.45, 2.75) is 0 Å². The molecule has 1 aromatic heterocycles. The number of benzene rings is 7. The fraction of sp³-hybridized carbons (Fsp3) is 0. The Morgan fingerprint density at radius 2 is 0.953 bits per heavy atom. The Morgan fingerprint density at radius 3 is 1.74 bits per heavy atom. The Morgan fingerprint density at radius 1 is 0.372 bits per heavy atom. The lowest BCUT2D eigenvalue weighted by Gasteiger charge is -2.14. The summed E-state index contributed by atoms with van der Waals surface area (Å²) in [6.45, 7) is 0. The second-order valence-electron chi connectivity index (χ2n) is 10.6. The number of hydrogen-bond donors (Lipinski definition) is 0. The molecule has 0 aliphatic rings. The van der Waals surface area contributed by atoms with Gasteiger partial charge in [0, 0.05) is 16.5 Å². The van der Waals surface area contributed by atoms with Crippen molar-refractivity contribution in [3.63, 3.8) is 0 Å². The van der Waals surface area contributed by atoms with Crippen molar-refractivity contribution in [3.8, 4) is 45.0 Å². The number of nitrogens with zero attached hydrogens (tertiary/aromatic N) is 3. The summed E-state index contributed by atoms with van der Waals surface area (Å²) in [6.07, 6.45) is 0. The van der Waals surface area contributed by atoms with E-state index < -0.39 is 0 Å². The summed E-state index contributed by atoms with van der Waals surface area (Å²) in [7, 11) is 0. The summed E-state index contributed by atoms with van der Waals surface area (Å²) in [5.41, 5.74) is 6.41. The minimum Gasteiger partial charge on any atom is -0.208 e. The third-order valence-corrected chi connectivity index (χ3v) is 8.23. The third kappa shape index (κ3) is 4.51. The Balaban J connectivity index is 1.34. The van der Waals surface area contributed by atoms with E-state index in [4.69, 9.17) is 16.6 Å². The molecule has 0 fully saturated rings. The van der Waals surface area contributed by atoms with E-state index in [1.807, 2.05) is 18.2 Å². The standard InChI is InChI=1S/C39H24ClN3/c40-39-42-37(33-20-7-14-27-22-23-29(24-35(27)33)25-10-2-1-3-11-25)41-38(43-39)34-21-9-16-28-15-8-19-32(36(28)34)31-18-6-13-26-12-4-5-17-30(26)31/h1-24H. The van der Waals surface area contributed by atoms with Crippen molar-refractivity contribution in [1.82, 2.24) is 15.0 Å². The van der Waals surface area contributed by atoms with E-state index in [1.165, 1.54) is 16.3 Å². The summed E-state index contributed by atoms with van der Waals surface area (Å²) in [5.74, 6) is 1.09. The molecule has 4 heteroatoms. The SMILES string of the molecule is Clc1nc(-c2cccc3ccc(-c4ccccc4)cc23)nc(-c2cccc3cccc(-c4cccc5ccccc45)c23)n1. The summed E-state index contributed by atoms with van der Waals surface area (Å²) < 4.78 is 0. The Labute approximate surface area is 254 Å². The van der Waals surface area contributed by atoms with Crippen LogP contribution in [0, 0.1) is 0 Å². The van der Waals surface area contributed by atoms with Crippen LogP contribution in [0.25, 0.3) is 77.3 Å². The molecule has 0 aliphatic carbocycles. The van der Waals surface area contributed by atoms with Gasteiger partial charge >= 0.3 is 0 Å². The van der Waals surface area contributed by atoms with E-state index in [-0.39, 0.29) is 5.28 Å². The highest BCUT2D eigenvalue weighted by Gasteiger charge is 2.17. The molecule has 7 aromatic carbocycles. The van der Waals surface area contributed by atoms with Crippen LogP contribution in [0.3, 0.4) is 0 Å². The van der Waals surface area contributed by atoms with Gasteiger partial charge in [-0.1, -0.05) is 140 Å². The first-order chi connectivity index (χ1) is 21.2. The van der Waals surface area contributed by atoms with Gasteiger partial charge in [0.2, 0.25) is 5.28 Å². The average molecular weight is 570 g/mol. The van der Waals surface area contributed by atoms with Crippen molar-refractivity contribution in [1.29, 1.82) is 0 Å². The van der Waals surface area contributed by atoms with Gasteiger partial charge in [0.15, 0.2) is 11.6 Å². The topological polar surface area (TPSA) is 38.7 Å². The monoisotopic (exact) mass is 569 g/mol. The molecule has 1 heterocycles. The maximum absolute atomic E-state index is 6.65. The van der Waals surface area contributed by atoms with E-state index in [9.17, 15) is 0 Å². The molecular formula is C39H24ClN3. The van der Waals surface area contributed by atoms with Gasteiger partial charge in [-0.3, -0.25) is 0 Å². The molecule has 0 radical (unpaired) electrons. The Kier molecular flexibility index (Phi) is 6.17. The van der Waals surface area contributed by atoms with Gasteiger partial charge in [-0.05, 0) is 66.9 Å². The minimum absolute atomic E-state index is 0.163. The second kappa shape index (κ2) is 10.5. The quantitative estimate of drug-likeness (QED) is 0.211. The molecule has 8 aromatic rings. The lowest BCUT2D eigenvalue weighted by atomic mass is 9.91. The van der Waals surface area contributed by atoms with Crippen LogP contribution in [0.2, 0.25) is 5.28 Å². The van der Waals surface area contributed by atoms with Crippen molar-refractivity contribution in [2.75, 3.05) is 0 Å². The van der Waals surface area contributed by atoms with Gasteiger partial charge in [0.25, 0.3) is 0 Å². The largest absolute Gasteiger partial charge is 0.226 e. The molecule has 0 N–H and O–H groups in total. The lowest BCUT2D eigenvalue weighted by Crippen LogP contribution is -1.99. The average Bonchev–Trinajstić information content (AvgIpc) is 3.07. The van der Waals surface area contributed by atoms with E-state index in [0.29, 0.717) is 11.6 Å². The zero-order chi connectivity index (χ0) is 28.8. The molecule has 0 atom stereocenters. The van der Waals surface area contributed by atoms with Gasteiger partial charge < -0.3 is 0 Å². The highest BCUT2D eigenvalue weighted by molar-refractivity contribution is 6.28. The number of fused-ring (bicyclic) bond motifs is 3. The van der Waals surface area contributed by atoms with E-state index in [2.05, 4.69) is 137 Å². The molecule has 0 saturated carbocycles. The van der Waals surface area contributed by atoms with Crippen LogP contribution in [0.1, 0.15) is 0 Å². The van der Waals surface area contributed by atoms with Gasteiger partial charge in [-0.2, -0.15) is 9.97 Å². The molecule has 0 aliphatic heterocycles. The van der Waals surface area contributed by atoms with E-state index in [1.54, 1.807) is 0 Å². The van der Waals surface area contributed by atoms with Gasteiger partial charge in [0.05, 0.1) is 0 Å². The molecule has 202 valence electrons. The first-order valence-corrected chi connectivity index (χ1v) is 14.6. The smallest absolute Gasteiger partial charge is 0.208 e. The zero-order valence-electron chi connectivity index (χ0n) is 23.1. The van der Waals surface area contributed by atoms with Crippen LogP contribution >= 0.6 is 11.6 Å². The molecule has 0 unspecified atom stereocenters. The molecule has 0 spiro atoms. The highest BCUT2D eigenvalue weighted by Crippen LogP contribution is 2.39. The number of aromatic nitrogens is 3. The highest BCUT2D eigenvalue weighted by atomic mass is 35.5. The van der Waals surface area contributed by atoms with Gasteiger partial charge in [-0.25, -0.2) is 4.98 Å². The fourth-order valence-electron chi connectivity index (χ4n) is 6.08. The van der Waals surface area contributed by atoms with Gasteiger partial charge in [0.1, 0.15) is 0 Å². The molecule has 0 bridgehead atoms. The summed E-state index contributed by atoms with van der Waals surface area (Å²) >= 11 is 6.65. The normalized spacial score (nSPS) is 11.4. The van der Waals surface area contributed by atoms with Crippen molar-refractivity contribution in [2.24, 2.45) is 0 Å². The number of halogens is 1. The first kappa shape index (κ1) is 25.3. The summed E-state index contributed by atoms with van der Waals surface area (Å²) in [6, 6.07) is 50.7. The lowest BCUT2D eigenvalue weighted by molar-refractivity contribution is 1.07. The molecule has 0 saturated heterocycles. The predicted molar refractivity (Wildman–Crippen MR) is 179 cm³/mol. The van der Waals surface area contributed by atoms with Crippen LogP contribution in [0.15, 0.2) is 146 Å². The Hall–Kier alpha value is -5.38. The molecule has 8 rings (SSSR count). The van der Waals surface area contributed by atoms with Crippen LogP contribution < -0.4 is 0 Å². The van der Waals surface area contributed by atoms with Crippen molar-refractivity contribution in [3.05, 3.63) is 151 Å². The maximum atomic E-state index is 6.65. The summed E-state index contributed by atoms with van der Waals surface area (Å²) in [4.78, 5) is 14.4. The number of hydrogen-bond acceptors (Lipinski definition) is 3. The van der Waals surface area contributed by atoms with Crippen molar-refractivity contribution < 1.29 is 0 Å². The van der Waals surface area contributed by atoms with Crippen LogP contribution in [0.4, 0.5) is 0 Å². The third-order valence-electron chi connectivity index (χ3n) is 8.06. The van der Waals surface area contributed by atoms with Crippen LogP contribution in [-0.4, -0.2) is 15.0 Å². The predicted octanol–water partition coefficient (Wildman–Crippen LogP) is 10.7. The maximum Gasteiger partial charge on any atom is 0.226 e. The fourth-order valence-corrected chi connectivity index (χ4v) is 6.24. The minimum atomic E-state index is 0.163.